The van der Waals surface area contributed by atoms with Crippen molar-refractivity contribution in [2.75, 3.05) is 17.7 Å². The molecule has 0 unspecified atom stereocenters. The molecule has 5 nitrogen and oxygen atoms in total. The Morgan fingerprint density at radius 3 is 1.60 bits per heavy atom. The van der Waals surface area contributed by atoms with Crippen molar-refractivity contribution in [1.82, 2.24) is 0 Å². The molecule has 210 valence electrons. The summed E-state index contributed by atoms with van der Waals surface area (Å²) in [5.41, 5.74) is 4.23. The largest absolute Gasteiger partial charge is 0.496 e. The van der Waals surface area contributed by atoms with E-state index in [4.69, 9.17) is 4.74 Å². The van der Waals surface area contributed by atoms with Gasteiger partial charge < -0.3 is 15.4 Å². The summed E-state index contributed by atoms with van der Waals surface area (Å²) in [6.07, 6.45) is 0.995. The summed E-state index contributed by atoms with van der Waals surface area (Å²) < 4.78 is 34.2. The normalized spacial score (nSPS) is 10.6. The van der Waals surface area contributed by atoms with E-state index in [9.17, 15) is 18.4 Å². The number of rotatable bonds is 9. The molecular formula is C35H28F2N2O3. The number of benzene rings is 5. The van der Waals surface area contributed by atoms with Crippen LogP contribution in [0.4, 0.5) is 20.2 Å². The van der Waals surface area contributed by atoms with Crippen LogP contribution in [0.1, 0.15) is 43.0 Å². The fraction of sp³-hybridized carbons (Fsp3) is 0.0857. The summed E-state index contributed by atoms with van der Waals surface area (Å²) in [6.45, 7) is 0. The summed E-state index contributed by atoms with van der Waals surface area (Å²) in [5.74, 6) is -1.83. The van der Waals surface area contributed by atoms with Crippen LogP contribution >= 0.6 is 0 Å². The average molecular weight is 563 g/mol. The maximum Gasteiger partial charge on any atom is 0.259 e. The number of hydrogen-bond donors (Lipinski definition) is 2. The van der Waals surface area contributed by atoms with Crippen molar-refractivity contribution in [2.24, 2.45) is 0 Å². The summed E-state index contributed by atoms with van der Waals surface area (Å²) in [6, 6.07) is 32.4. The van der Waals surface area contributed by atoms with Gasteiger partial charge in [0.2, 0.25) is 0 Å². The standard InChI is InChI=1S/C35H28F2N2O3/c1-42-33-13-12-27(34(40)38-30-18-25(16-28(36)21-30)14-23-8-4-2-5-9-23)20-32(33)35(41)39-31-19-26(17-29(37)22-31)15-24-10-6-3-7-11-24/h2-13,16-22H,14-15H2,1H3,(H,38,40)(H,39,41). The van der Waals surface area contributed by atoms with Crippen LogP contribution in [0, 0.1) is 11.6 Å². The predicted octanol–water partition coefficient (Wildman–Crippen LogP) is 7.66. The number of anilines is 2. The van der Waals surface area contributed by atoms with Crippen molar-refractivity contribution >= 4 is 23.2 Å². The molecule has 0 aliphatic rings. The molecule has 0 spiro atoms. The van der Waals surface area contributed by atoms with Gasteiger partial charge in [-0.1, -0.05) is 60.7 Å². The minimum Gasteiger partial charge on any atom is -0.496 e. The molecule has 2 amide bonds. The minimum atomic E-state index is -0.575. The van der Waals surface area contributed by atoms with Crippen LogP contribution in [-0.4, -0.2) is 18.9 Å². The van der Waals surface area contributed by atoms with Gasteiger partial charge in [-0.15, -0.1) is 0 Å². The highest BCUT2D eigenvalue weighted by molar-refractivity contribution is 6.10. The van der Waals surface area contributed by atoms with Gasteiger partial charge in [0.1, 0.15) is 17.4 Å². The Hall–Kier alpha value is -5.30. The van der Waals surface area contributed by atoms with E-state index in [1.165, 1.54) is 49.6 Å². The average Bonchev–Trinajstić information content (AvgIpc) is 2.97. The summed E-state index contributed by atoms with van der Waals surface area (Å²) in [4.78, 5) is 26.4. The number of carbonyl (C=O) groups is 2. The number of amides is 2. The first-order valence-electron chi connectivity index (χ1n) is 13.3. The lowest BCUT2D eigenvalue weighted by Crippen LogP contribution is -2.17. The summed E-state index contributed by atoms with van der Waals surface area (Å²) in [5, 5.41) is 5.43. The van der Waals surface area contributed by atoms with Gasteiger partial charge in [-0.3, -0.25) is 9.59 Å². The highest BCUT2D eigenvalue weighted by atomic mass is 19.1. The van der Waals surface area contributed by atoms with E-state index in [1.54, 1.807) is 12.1 Å². The van der Waals surface area contributed by atoms with Gasteiger partial charge in [0.05, 0.1) is 12.7 Å². The van der Waals surface area contributed by atoms with Gasteiger partial charge in [-0.05, 0) is 89.7 Å². The summed E-state index contributed by atoms with van der Waals surface area (Å²) in [7, 11) is 1.41. The van der Waals surface area contributed by atoms with Gasteiger partial charge in [-0.25, -0.2) is 8.78 Å². The lowest BCUT2D eigenvalue weighted by molar-refractivity contribution is 0.102. The molecule has 5 rings (SSSR count). The van der Waals surface area contributed by atoms with E-state index in [1.807, 2.05) is 60.7 Å². The Bertz CT molecular complexity index is 1720. The minimum absolute atomic E-state index is 0.0861. The number of ether oxygens (including phenoxy) is 1. The monoisotopic (exact) mass is 562 g/mol. The van der Waals surface area contributed by atoms with Crippen LogP contribution in [0.5, 0.6) is 5.75 Å². The van der Waals surface area contributed by atoms with Crippen molar-refractivity contribution in [3.63, 3.8) is 0 Å². The van der Waals surface area contributed by atoms with E-state index < -0.39 is 23.4 Å². The molecule has 0 saturated carbocycles. The second-order valence-corrected chi connectivity index (χ2v) is 9.84. The third-order valence-electron chi connectivity index (χ3n) is 6.64. The SMILES string of the molecule is COc1ccc(C(=O)Nc2cc(F)cc(Cc3ccccc3)c2)cc1C(=O)Nc1cc(F)cc(Cc2ccccc2)c1. The lowest BCUT2D eigenvalue weighted by atomic mass is 10.0. The quantitative estimate of drug-likeness (QED) is 0.194. The Morgan fingerprint density at radius 2 is 1.10 bits per heavy atom. The third-order valence-corrected chi connectivity index (χ3v) is 6.64. The molecule has 2 N–H and O–H groups in total. The van der Waals surface area contributed by atoms with Crippen LogP contribution < -0.4 is 15.4 Å². The Labute approximate surface area is 242 Å². The topological polar surface area (TPSA) is 67.4 Å². The van der Waals surface area contributed by atoms with Crippen molar-refractivity contribution < 1.29 is 23.1 Å². The van der Waals surface area contributed by atoms with E-state index in [2.05, 4.69) is 10.6 Å². The Balaban J connectivity index is 1.33. The molecule has 42 heavy (non-hydrogen) atoms. The molecule has 0 aromatic heterocycles. The smallest absolute Gasteiger partial charge is 0.259 e. The molecule has 5 aromatic carbocycles. The molecule has 0 heterocycles. The molecule has 0 atom stereocenters. The van der Waals surface area contributed by atoms with Crippen LogP contribution in [0.25, 0.3) is 0 Å². The number of halogens is 2. The molecule has 0 aliphatic heterocycles. The Kier molecular flexibility index (Phi) is 8.68. The molecule has 0 radical (unpaired) electrons. The van der Waals surface area contributed by atoms with Crippen molar-refractivity contribution in [1.29, 1.82) is 0 Å². The third kappa shape index (κ3) is 7.26. The molecular weight excluding hydrogens is 534 g/mol. The van der Waals surface area contributed by atoms with E-state index in [0.29, 0.717) is 29.7 Å². The zero-order chi connectivity index (χ0) is 29.5. The number of hydrogen-bond acceptors (Lipinski definition) is 3. The number of nitrogens with one attached hydrogen (secondary N) is 2. The number of methoxy groups -OCH3 is 1. The zero-order valence-electron chi connectivity index (χ0n) is 22.9. The molecule has 0 saturated heterocycles. The second kappa shape index (κ2) is 12.9. The van der Waals surface area contributed by atoms with Crippen molar-refractivity contribution in [2.45, 2.75) is 12.8 Å². The number of carbonyl (C=O) groups excluding carboxylic acids is 2. The maximum atomic E-state index is 14.4. The molecule has 0 bridgehead atoms. The lowest BCUT2D eigenvalue weighted by Gasteiger charge is -2.13. The van der Waals surface area contributed by atoms with Gasteiger partial charge in [-0.2, -0.15) is 0 Å². The zero-order valence-corrected chi connectivity index (χ0v) is 22.9. The highest BCUT2D eigenvalue weighted by Crippen LogP contribution is 2.25. The first-order chi connectivity index (χ1) is 20.4. The first-order valence-corrected chi connectivity index (χ1v) is 13.3. The van der Waals surface area contributed by atoms with E-state index in [0.717, 1.165) is 11.1 Å². The molecule has 7 heteroatoms. The van der Waals surface area contributed by atoms with Crippen molar-refractivity contribution in [3.05, 3.63) is 160 Å². The van der Waals surface area contributed by atoms with Crippen LogP contribution in [0.3, 0.4) is 0 Å². The fourth-order valence-electron chi connectivity index (χ4n) is 4.74. The molecule has 0 aliphatic carbocycles. The maximum absolute atomic E-state index is 14.4. The van der Waals surface area contributed by atoms with Crippen molar-refractivity contribution in [3.8, 4) is 5.75 Å². The van der Waals surface area contributed by atoms with Crippen LogP contribution in [0.15, 0.2) is 115 Å². The molecule has 5 aromatic rings. The van der Waals surface area contributed by atoms with Gasteiger partial charge in [0.25, 0.3) is 11.8 Å². The van der Waals surface area contributed by atoms with Crippen LogP contribution in [-0.2, 0) is 12.8 Å². The van der Waals surface area contributed by atoms with E-state index >= 15 is 0 Å². The van der Waals surface area contributed by atoms with E-state index in [-0.39, 0.29) is 22.6 Å². The Morgan fingerprint density at radius 1 is 0.595 bits per heavy atom. The molecule has 0 fully saturated rings. The fourth-order valence-corrected chi connectivity index (χ4v) is 4.74. The second-order valence-electron chi connectivity index (χ2n) is 9.84. The van der Waals surface area contributed by atoms with Gasteiger partial charge in [0, 0.05) is 16.9 Å². The van der Waals surface area contributed by atoms with Gasteiger partial charge in [0.15, 0.2) is 0 Å². The predicted molar refractivity (Wildman–Crippen MR) is 160 cm³/mol. The van der Waals surface area contributed by atoms with Crippen LogP contribution in [0.2, 0.25) is 0 Å². The first kappa shape index (κ1) is 28.2. The highest BCUT2D eigenvalue weighted by Gasteiger charge is 2.18. The van der Waals surface area contributed by atoms with Gasteiger partial charge >= 0.3 is 0 Å². The summed E-state index contributed by atoms with van der Waals surface area (Å²) >= 11 is 0.